The molecule has 10 heteroatoms. The molecule has 0 saturated heterocycles. The lowest BCUT2D eigenvalue weighted by Crippen LogP contribution is -2.36. The molecule has 1 aromatic rings. The summed E-state index contributed by atoms with van der Waals surface area (Å²) >= 11 is 0. The van der Waals surface area contributed by atoms with Crippen molar-refractivity contribution in [1.29, 1.82) is 0 Å². The molecule has 0 bridgehead atoms. The van der Waals surface area contributed by atoms with Crippen LogP contribution in [-0.2, 0) is 24.1 Å². The summed E-state index contributed by atoms with van der Waals surface area (Å²) in [6.45, 7) is 5.63. The highest BCUT2D eigenvalue weighted by atomic mass is 32.2. The Morgan fingerprint density at radius 3 is 2.50 bits per heavy atom. The van der Waals surface area contributed by atoms with Crippen LogP contribution < -0.4 is 0 Å². The first-order valence-corrected chi connectivity index (χ1v) is 11.6. The van der Waals surface area contributed by atoms with E-state index in [-0.39, 0.29) is 17.6 Å². The molecule has 2 rings (SSSR count). The molecule has 0 amide bonds. The number of carbonyl (C=O) groups is 2. The van der Waals surface area contributed by atoms with Gasteiger partial charge in [0.1, 0.15) is 11.0 Å². The van der Waals surface area contributed by atoms with Crippen LogP contribution in [-0.4, -0.2) is 44.2 Å². The lowest BCUT2D eigenvalue weighted by atomic mass is 9.75. The van der Waals surface area contributed by atoms with Crippen molar-refractivity contribution < 1.29 is 32.4 Å². The number of ether oxygens (including phenoxy) is 2. The van der Waals surface area contributed by atoms with E-state index >= 15 is 0 Å². The number of hydrogen-bond acceptors (Lipinski definition) is 8. The molecular formula is C20H27NO8S. The van der Waals surface area contributed by atoms with Crippen molar-refractivity contribution in [3.8, 4) is 0 Å². The highest BCUT2D eigenvalue weighted by Gasteiger charge is 2.33. The highest BCUT2D eigenvalue weighted by molar-refractivity contribution is 7.90. The topological polar surface area (TPSA) is 130 Å². The number of nitrogens with zero attached hydrogens (tertiary/aromatic N) is 1. The molecule has 1 saturated carbocycles. The van der Waals surface area contributed by atoms with E-state index in [4.69, 9.17) is 9.47 Å². The third-order valence-electron chi connectivity index (χ3n) is 5.36. The molecule has 1 aliphatic carbocycles. The fraction of sp³-hybridized carbons (Fsp3) is 0.600. The Balaban J connectivity index is 2.04. The van der Waals surface area contributed by atoms with Crippen LogP contribution in [0.25, 0.3) is 0 Å². The van der Waals surface area contributed by atoms with Gasteiger partial charge in [0.2, 0.25) is 0 Å². The van der Waals surface area contributed by atoms with Crippen molar-refractivity contribution in [3.05, 3.63) is 33.9 Å². The molecule has 1 fully saturated rings. The Hall–Kier alpha value is -2.49. The molecule has 166 valence electrons. The van der Waals surface area contributed by atoms with Gasteiger partial charge in [-0.1, -0.05) is 27.2 Å². The predicted molar refractivity (Wildman–Crippen MR) is 108 cm³/mol. The van der Waals surface area contributed by atoms with Crippen LogP contribution in [0.3, 0.4) is 0 Å². The average molecular weight is 442 g/mol. The van der Waals surface area contributed by atoms with E-state index in [1.54, 1.807) is 0 Å². The molecule has 0 aromatic heterocycles. The van der Waals surface area contributed by atoms with Gasteiger partial charge in [0.15, 0.2) is 16.4 Å². The van der Waals surface area contributed by atoms with Crippen molar-refractivity contribution in [2.24, 2.45) is 17.8 Å². The molecule has 1 aromatic carbocycles. The number of rotatable bonds is 7. The van der Waals surface area contributed by atoms with Gasteiger partial charge in [0, 0.05) is 12.3 Å². The molecule has 0 unspecified atom stereocenters. The van der Waals surface area contributed by atoms with Crippen molar-refractivity contribution >= 4 is 27.5 Å². The number of nitro benzene ring substituents is 1. The summed E-state index contributed by atoms with van der Waals surface area (Å²) in [6, 6.07) is 2.90. The van der Waals surface area contributed by atoms with Gasteiger partial charge in [-0.25, -0.2) is 18.0 Å². The van der Waals surface area contributed by atoms with Crippen LogP contribution in [0.4, 0.5) is 5.69 Å². The van der Waals surface area contributed by atoms with Crippen LogP contribution >= 0.6 is 0 Å². The minimum absolute atomic E-state index is 0.228. The van der Waals surface area contributed by atoms with Crippen molar-refractivity contribution in [2.45, 2.75) is 51.0 Å². The second-order valence-electron chi connectivity index (χ2n) is 8.14. The fourth-order valence-corrected chi connectivity index (χ4v) is 4.59. The molecule has 0 aliphatic heterocycles. The van der Waals surface area contributed by atoms with E-state index in [0.29, 0.717) is 11.8 Å². The third kappa shape index (κ3) is 6.01. The Morgan fingerprint density at radius 2 is 1.93 bits per heavy atom. The van der Waals surface area contributed by atoms with E-state index < -0.39 is 43.9 Å². The van der Waals surface area contributed by atoms with Crippen molar-refractivity contribution in [3.63, 3.8) is 0 Å². The fourth-order valence-electron chi connectivity index (χ4n) is 3.76. The molecule has 0 radical (unpaired) electrons. The van der Waals surface area contributed by atoms with Crippen molar-refractivity contribution in [1.82, 2.24) is 0 Å². The summed E-state index contributed by atoms with van der Waals surface area (Å²) in [4.78, 5) is 34.2. The Labute approximate surface area is 175 Å². The first kappa shape index (κ1) is 23.8. The van der Waals surface area contributed by atoms with Crippen molar-refractivity contribution in [2.75, 3.05) is 12.9 Å². The van der Waals surface area contributed by atoms with Crippen LogP contribution in [0.5, 0.6) is 0 Å². The predicted octanol–water partition coefficient (Wildman–Crippen LogP) is 3.16. The maximum absolute atomic E-state index is 12.2. The van der Waals surface area contributed by atoms with E-state index in [1.807, 2.05) is 0 Å². The molecule has 30 heavy (non-hydrogen) atoms. The standard InChI is InChI=1S/C20H27NO8S/c1-12(2)15-7-5-13(3)9-17(15)29-19(22)11-28-20(23)14-6-8-18(30(4,26)27)16(10-14)21(24)25/h6,8,10,12-13,15,17H,5,7,9,11H2,1-4H3/t13-,15-,17-/m1/s1. The number of esters is 2. The zero-order valence-corrected chi connectivity index (χ0v) is 18.3. The summed E-state index contributed by atoms with van der Waals surface area (Å²) in [6.07, 6.45) is 3.39. The number of nitro groups is 1. The summed E-state index contributed by atoms with van der Waals surface area (Å²) in [5, 5.41) is 11.2. The zero-order valence-electron chi connectivity index (χ0n) is 17.5. The van der Waals surface area contributed by atoms with Gasteiger partial charge in [0.25, 0.3) is 5.69 Å². The first-order chi connectivity index (χ1) is 13.9. The van der Waals surface area contributed by atoms with Crippen LogP contribution in [0.15, 0.2) is 23.1 Å². The van der Waals surface area contributed by atoms with Gasteiger partial charge in [0.05, 0.1) is 10.5 Å². The maximum Gasteiger partial charge on any atom is 0.344 e. The molecule has 0 heterocycles. The summed E-state index contributed by atoms with van der Waals surface area (Å²) in [5.74, 6) is -0.629. The van der Waals surface area contributed by atoms with E-state index in [1.165, 1.54) is 0 Å². The minimum Gasteiger partial charge on any atom is -0.460 e. The minimum atomic E-state index is -3.85. The lowest BCUT2D eigenvalue weighted by Gasteiger charge is -2.36. The van der Waals surface area contributed by atoms with Crippen LogP contribution in [0, 0.1) is 27.9 Å². The van der Waals surface area contributed by atoms with Crippen LogP contribution in [0.2, 0.25) is 0 Å². The van der Waals surface area contributed by atoms with E-state index in [9.17, 15) is 28.1 Å². The quantitative estimate of drug-likeness (QED) is 0.358. The monoisotopic (exact) mass is 441 g/mol. The number of benzene rings is 1. The number of hydrogen-bond donors (Lipinski definition) is 0. The molecule has 0 N–H and O–H groups in total. The number of carbonyl (C=O) groups excluding carboxylic acids is 2. The van der Waals surface area contributed by atoms with Crippen LogP contribution in [0.1, 0.15) is 50.4 Å². The van der Waals surface area contributed by atoms with E-state index in [0.717, 1.165) is 43.7 Å². The summed E-state index contributed by atoms with van der Waals surface area (Å²) in [5.41, 5.74) is -0.959. The number of sulfone groups is 1. The molecule has 3 atom stereocenters. The zero-order chi connectivity index (χ0) is 22.6. The molecule has 9 nitrogen and oxygen atoms in total. The summed E-state index contributed by atoms with van der Waals surface area (Å²) < 4.78 is 33.8. The van der Waals surface area contributed by atoms with E-state index in [2.05, 4.69) is 20.8 Å². The highest BCUT2D eigenvalue weighted by Crippen LogP contribution is 2.35. The second-order valence-corrected chi connectivity index (χ2v) is 10.1. The lowest BCUT2D eigenvalue weighted by molar-refractivity contribution is -0.387. The smallest absolute Gasteiger partial charge is 0.344 e. The Bertz CT molecular complexity index is 925. The average Bonchev–Trinajstić information content (AvgIpc) is 2.64. The van der Waals surface area contributed by atoms with Gasteiger partial charge in [-0.15, -0.1) is 0 Å². The Kier molecular flexibility index (Phi) is 7.57. The normalized spacial score (nSPS) is 21.8. The van der Waals surface area contributed by atoms with Gasteiger partial charge in [-0.05, 0) is 42.7 Å². The van der Waals surface area contributed by atoms with Gasteiger partial charge >= 0.3 is 11.9 Å². The van der Waals surface area contributed by atoms with Gasteiger partial charge < -0.3 is 9.47 Å². The second kappa shape index (κ2) is 9.55. The SMILES string of the molecule is CC(C)[C@H]1CC[C@@H](C)C[C@H]1OC(=O)COC(=O)c1ccc(S(C)(=O)=O)c([N+](=O)[O-])c1. The molecule has 0 spiro atoms. The third-order valence-corrected chi connectivity index (χ3v) is 6.50. The summed E-state index contributed by atoms with van der Waals surface area (Å²) in [7, 11) is -3.85. The Morgan fingerprint density at radius 1 is 1.27 bits per heavy atom. The molecule has 1 aliphatic rings. The first-order valence-electron chi connectivity index (χ1n) is 9.75. The van der Waals surface area contributed by atoms with Gasteiger partial charge in [-0.3, -0.25) is 10.1 Å². The largest absolute Gasteiger partial charge is 0.460 e. The van der Waals surface area contributed by atoms with Gasteiger partial charge in [-0.2, -0.15) is 0 Å². The maximum atomic E-state index is 12.2. The molecular weight excluding hydrogens is 414 g/mol.